The van der Waals surface area contributed by atoms with Crippen LogP contribution in [0.4, 0.5) is 0 Å². The predicted octanol–water partition coefficient (Wildman–Crippen LogP) is -0.127. The molecule has 0 bridgehead atoms. The number of rotatable bonds is 0. The number of aliphatic imine (C=N–C) groups is 2. The van der Waals surface area contributed by atoms with Crippen LogP contribution in [-0.4, -0.2) is 24.6 Å². The van der Waals surface area contributed by atoms with Crippen molar-refractivity contribution in [1.82, 2.24) is 5.32 Å². The fourth-order valence-corrected chi connectivity index (χ4v) is 1.05. The molecule has 0 aromatic heterocycles. The topological polar surface area (TPSA) is 53.8 Å². The molecule has 0 aromatic rings. The van der Waals surface area contributed by atoms with Crippen LogP contribution in [0.15, 0.2) is 21.6 Å². The highest BCUT2D eigenvalue weighted by molar-refractivity contribution is 6.22. The number of nitrogens with zero attached hydrogens (tertiary/aromatic N) is 2. The Balaban J connectivity index is 2.35. The van der Waals surface area contributed by atoms with E-state index in [1.165, 1.54) is 0 Å². The summed E-state index contributed by atoms with van der Waals surface area (Å²) in [7, 11) is 0. The summed E-state index contributed by atoms with van der Waals surface area (Å²) < 4.78 is 0. The van der Waals surface area contributed by atoms with Crippen LogP contribution in [0, 0.1) is 0 Å². The van der Waals surface area contributed by atoms with Crippen molar-refractivity contribution in [1.29, 1.82) is 0 Å². The Morgan fingerprint density at radius 1 is 1.55 bits per heavy atom. The summed E-state index contributed by atoms with van der Waals surface area (Å²) in [6.45, 7) is 0.424. The molecule has 11 heavy (non-hydrogen) atoms. The zero-order valence-corrected chi connectivity index (χ0v) is 5.87. The van der Waals surface area contributed by atoms with Gasteiger partial charge in [-0.1, -0.05) is 6.08 Å². The molecule has 1 N–H and O–H groups in total. The molecule has 0 saturated heterocycles. The number of nitrogens with one attached hydrogen (secondary N) is 1. The molecule has 1 amide bonds. The van der Waals surface area contributed by atoms with E-state index < -0.39 is 0 Å². The zero-order chi connectivity index (χ0) is 7.68. The Bertz CT molecular complexity index is 288. The first kappa shape index (κ1) is 6.27. The van der Waals surface area contributed by atoms with Gasteiger partial charge in [0.05, 0.1) is 0 Å². The monoisotopic (exact) mass is 149 g/mol. The number of carbonyl (C=O) groups excluding carboxylic acids is 1. The molecule has 0 aliphatic carbocycles. The van der Waals surface area contributed by atoms with Gasteiger partial charge in [0.2, 0.25) is 5.91 Å². The summed E-state index contributed by atoms with van der Waals surface area (Å²) in [6.07, 6.45) is 4.00. The minimum Gasteiger partial charge on any atom is -0.310 e. The van der Waals surface area contributed by atoms with Gasteiger partial charge in [0.25, 0.3) is 0 Å². The van der Waals surface area contributed by atoms with Crippen molar-refractivity contribution in [2.75, 3.05) is 6.67 Å². The lowest BCUT2D eigenvalue weighted by molar-refractivity contribution is -0.119. The first-order valence-corrected chi connectivity index (χ1v) is 3.41. The molecular weight excluding hydrogens is 142 g/mol. The minimum absolute atomic E-state index is 0.00259. The van der Waals surface area contributed by atoms with Crippen LogP contribution < -0.4 is 5.32 Å². The van der Waals surface area contributed by atoms with Crippen LogP contribution in [0.3, 0.4) is 0 Å². The molecule has 0 radical (unpaired) electrons. The van der Waals surface area contributed by atoms with Gasteiger partial charge in [-0.3, -0.25) is 9.79 Å². The molecular formula is C7H7N3O. The Hall–Kier alpha value is -1.45. The molecule has 4 nitrogen and oxygen atoms in total. The smallest absolute Gasteiger partial charge is 0.229 e. The number of carbonyl (C=O) groups is 1. The van der Waals surface area contributed by atoms with Crippen LogP contribution >= 0.6 is 0 Å². The van der Waals surface area contributed by atoms with Crippen molar-refractivity contribution in [3.8, 4) is 0 Å². The van der Waals surface area contributed by atoms with Gasteiger partial charge in [-0.2, -0.15) is 0 Å². The lowest BCUT2D eigenvalue weighted by Gasteiger charge is -2.15. The third-order valence-corrected chi connectivity index (χ3v) is 1.58. The standard InChI is InChI=1S/C7H7N3O/c11-6-2-1-5-3-8-4-9-7(5)10-6/h1,3H,2,4H2,(H,9,10,11). The fourth-order valence-electron chi connectivity index (χ4n) is 1.05. The Morgan fingerprint density at radius 3 is 3.36 bits per heavy atom. The van der Waals surface area contributed by atoms with Gasteiger partial charge in [0, 0.05) is 18.2 Å². The molecule has 2 aliphatic rings. The number of hydrogen-bond acceptors (Lipinski definition) is 3. The maximum Gasteiger partial charge on any atom is 0.229 e. The predicted molar refractivity (Wildman–Crippen MR) is 41.6 cm³/mol. The average Bonchev–Trinajstić information content (AvgIpc) is 2.04. The molecule has 0 aromatic carbocycles. The maximum absolute atomic E-state index is 10.8. The first-order valence-electron chi connectivity index (χ1n) is 3.41. The van der Waals surface area contributed by atoms with E-state index in [4.69, 9.17) is 0 Å². The van der Waals surface area contributed by atoms with Gasteiger partial charge < -0.3 is 5.32 Å². The maximum atomic E-state index is 10.8. The summed E-state index contributed by atoms with van der Waals surface area (Å²) in [6, 6.07) is 0. The quantitative estimate of drug-likeness (QED) is 0.512. The Morgan fingerprint density at radius 2 is 2.45 bits per heavy atom. The van der Waals surface area contributed by atoms with E-state index >= 15 is 0 Å². The van der Waals surface area contributed by atoms with Crippen LogP contribution in [-0.2, 0) is 4.79 Å². The van der Waals surface area contributed by atoms with E-state index in [1.807, 2.05) is 6.08 Å². The molecule has 56 valence electrons. The third-order valence-electron chi connectivity index (χ3n) is 1.58. The summed E-state index contributed by atoms with van der Waals surface area (Å²) in [5.74, 6) is 0.666. The van der Waals surface area contributed by atoms with Gasteiger partial charge in [0.1, 0.15) is 12.5 Å². The second-order valence-electron chi connectivity index (χ2n) is 2.37. The van der Waals surface area contributed by atoms with Crippen molar-refractivity contribution in [2.45, 2.75) is 6.42 Å². The van der Waals surface area contributed by atoms with Crippen LogP contribution in [0.25, 0.3) is 0 Å². The van der Waals surface area contributed by atoms with Crippen molar-refractivity contribution < 1.29 is 4.79 Å². The van der Waals surface area contributed by atoms with E-state index in [2.05, 4.69) is 15.3 Å². The van der Waals surface area contributed by atoms with Crippen LogP contribution in [0.5, 0.6) is 0 Å². The highest BCUT2D eigenvalue weighted by Crippen LogP contribution is 2.05. The number of amidine groups is 1. The summed E-state index contributed by atoms with van der Waals surface area (Å²) >= 11 is 0. The van der Waals surface area contributed by atoms with E-state index in [1.54, 1.807) is 6.21 Å². The SMILES string of the molecule is O=C1CC=C2C=NCN=C2N1. The van der Waals surface area contributed by atoms with Crippen molar-refractivity contribution in [3.63, 3.8) is 0 Å². The number of amides is 1. The average molecular weight is 149 g/mol. The highest BCUT2D eigenvalue weighted by Gasteiger charge is 2.15. The van der Waals surface area contributed by atoms with E-state index in [-0.39, 0.29) is 5.91 Å². The molecule has 0 saturated carbocycles. The van der Waals surface area contributed by atoms with Crippen molar-refractivity contribution in [3.05, 3.63) is 11.6 Å². The minimum atomic E-state index is 0.00259. The highest BCUT2D eigenvalue weighted by atomic mass is 16.1. The molecule has 0 fully saturated rings. The van der Waals surface area contributed by atoms with Gasteiger partial charge in [0.15, 0.2) is 0 Å². The zero-order valence-electron chi connectivity index (χ0n) is 5.87. The van der Waals surface area contributed by atoms with E-state index in [9.17, 15) is 4.79 Å². The summed E-state index contributed by atoms with van der Waals surface area (Å²) in [4.78, 5) is 18.8. The second kappa shape index (κ2) is 2.30. The largest absolute Gasteiger partial charge is 0.310 e. The molecule has 0 unspecified atom stereocenters. The van der Waals surface area contributed by atoms with Crippen molar-refractivity contribution in [2.24, 2.45) is 9.98 Å². The summed E-state index contributed by atoms with van der Waals surface area (Å²) in [5.41, 5.74) is 0.927. The molecule has 2 aliphatic heterocycles. The van der Waals surface area contributed by atoms with Crippen molar-refractivity contribution >= 4 is 18.0 Å². The Kier molecular flexibility index (Phi) is 1.31. The first-order chi connectivity index (χ1) is 5.36. The van der Waals surface area contributed by atoms with E-state index in [0.29, 0.717) is 18.9 Å². The van der Waals surface area contributed by atoms with Gasteiger partial charge in [-0.25, -0.2) is 4.99 Å². The molecule has 4 heteroatoms. The number of hydrogen-bond donors (Lipinski definition) is 1. The molecule has 0 atom stereocenters. The van der Waals surface area contributed by atoms with E-state index in [0.717, 1.165) is 5.57 Å². The molecule has 0 spiro atoms. The molecule has 2 heterocycles. The lowest BCUT2D eigenvalue weighted by Crippen LogP contribution is -2.36. The fraction of sp³-hybridized carbons (Fsp3) is 0.286. The second-order valence-corrected chi connectivity index (χ2v) is 2.37. The lowest BCUT2D eigenvalue weighted by atomic mass is 10.1. The van der Waals surface area contributed by atoms with Gasteiger partial charge in [-0.15, -0.1) is 0 Å². The van der Waals surface area contributed by atoms with Crippen LogP contribution in [0.1, 0.15) is 6.42 Å². The van der Waals surface area contributed by atoms with Gasteiger partial charge >= 0.3 is 0 Å². The van der Waals surface area contributed by atoms with Gasteiger partial charge in [-0.05, 0) is 0 Å². The van der Waals surface area contributed by atoms with Crippen LogP contribution in [0.2, 0.25) is 0 Å². The summed E-state index contributed by atoms with van der Waals surface area (Å²) in [5, 5.41) is 2.67. The normalized spacial score (nSPS) is 21.6. The number of fused-ring (bicyclic) bond motifs is 1. The Labute approximate surface area is 63.7 Å². The third kappa shape index (κ3) is 1.07. The molecule has 2 rings (SSSR count).